The van der Waals surface area contributed by atoms with Crippen LogP contribution in [0.4, 0.5) is 15.8 Å². The molecule has 232 valence electrons. The minimum atomic E-state index is -4.04. The van der Waals surface area contributed by atoms with Crippen LogP contribution in [0.15, 0.2) is 106 Å². The van der Waals surface area contributed by atoms with Crippen LogP contribution in [-0.2, 0) is 16.6 Å². The van der Waals surface area contributed by atoms with Crippen molar-refractivity contribution in [2.75, 3.05) is 23.8 Å². The number of hydrogen-bond donors (Lipinski definition) is 2. The van der Waals surface area contributed by atoms with Crippen LogP contribution in [-0.4, -0.2) is 38.1 Å². The molecule has 45 heavy (non-hydrogen) atoms. The van der Waals surface area contributed by atoms with Crippen LogP contribution in [0.2, 0.25) is 0 Å². The molecule has 0 radical (unpaired) electrons. The van der Waals surface area contributed by atoms with Crippen LogP contribution in [0.25, 0.3) is 22.8 Å². The first-order chi connectivity index (χ1) is 21.6. The number of nitrogens with one attached hydrogen (secondary N) is 2. The highest BCUT2D eigenvalue weighted by molar-refractivity contribution is 7.90. The summed E-state index contributed by atoms with van der Waals surface area (Å²) in [4.78, 5) is 19.6. The summed E-state index contributed by atoms with van der Waals surface area (Å²) in [5, 5.41) is 7.60. The SMILES string of the molecule is CC(C)CCN(C)c1ccc(-c2noc(-c3cccc(C(=O)NS(=O)(=O)c4ccccc4)c3)n2)cc1NCc1cccc(F)c1. The molecule has 5 aromatic rings. The van der Waals surface area contributed by atoms with Crippen LogP contribution < -0.4 is 14.9 Å². The molecule has 0 aliphatic carbocycles. The average molecular weight is 628 g/mol. The summed E-state index contributed by atoms with van der Waals surface area (Å²) in [6.07, 6.45) is 1.02. The lowest BCUT2D eigenvalue weighted by Crippen LogP contribution is -2.30. The average Bonchev–Trinajstić information content (AvgIpc) is 3.53. The summed E-state index contributed by atoms with van der Waals surface area (Å²) < 4.78 is 46.7. The molecule has 9 nitrogen and oxygen atoms in total. The molecule has 0 spiro atoms. The topological polar surface area (TPSA) is 117 Å². The predicted octanol–water partition coefficient (Wildman–Crippen LogP) is 6.76. The second-order valence-electron chi connectivity index (χ2n) is 11.1. The van der Waals surface area contributed by atoms with Gasteiger partial charge in [0.2, 0.25) is 5.82 Å². The Morgan fingerprint density at radius 1 is 0.933 bits per heavy atom. The van der Waals surface area contributed by atoms with Crippen molar-refractivity contribution in [3.8, 4) is 22.8 Å². The lowest BCUT2D eigenvalue weighted by atomic mass is 10.1. The second kappa shape index (κ2) is 13.7. The Morgan fingerprint density at radius 3 is 2.47 bits per heavy atom. The molecule has 1 heterocycles. The molecule has 0 atom stereocenters. The van der Waals surface area contributed by atoms with Crippen molar-refractivity contribution in [2.24, 2.45) is 5.92 Å². The minimum absolute atomic E-state index is 0.0158. The summed E-state index contributed by atoms with van der Waals surface area (Å²) in [6.45, 7) is 5.64. The molecule has 0 fully saturated rings. The Kier molecular flexibility index (Phi) is 9.58. The number of nitrogens with zero attached hydrogens (tertiary/aromatic N) is 3. The zero-order valence-corrected chi connectivity index (χ0v) is 26.0. The molecule has 0 aliphatic heterocycles. The van der Waals surface area contributed by atoms with Gasteiger partial charge < -0.3 is 14.7 Å². The van der Waals surface area contributed by atoms with E-state index < -0.39 is 15.9 Å². The Hall–Kier alpha value is -5.03. The number of carbonyl (C=O) groups excluding carboxylic acids is 1. The molecule has 1 aromatic heterocycles. The number of hydrogen-bond acceptors (Lipinski definition) is 8. The van der Waals surface area contributed by atoms with Crippen molar-refractivity contribution in [1.29, 1.82) is 0 Å². The zero-order chi connectivity index (χ0) is 32.0. The van der Waals surface area contributed by atoms with Gasteiger partial charge in [-0.05, 0) is 78.6 Å². The van der Waals surface area contributed by atoms with E-state index in [2.05, 4.69) is 38.9 Å². The van der Waals surface area contributed by atoms with Gasteiger partial charge in [-0.15, -0.1) is 0 Å². The van der Waals surface area contributed by atoms with Crippen LogP contribution in [0.5, 0.6) is 0 Å². The first-order valence-electron chi connectivity index (χ1n) is 14.5. The van der Waals surface area contributed by atoms with Gasteiger partial charge in [0.25, 0.3) is 21.8 Å². The van der Waals surface area contributed by atoms with Gasteiger partial charge in [-0.3, -0.25) is 4.79 Å². The summed E-state index contributed by atoms with van der Waals surface area (Å²) in [6, 6.07) is 26.2. The van der Waals surface area contributed by atoms with Crippen molar-refractivity contribution >= 4 is 27.3 Å². The number of rotatable bonds is 12. The molecule has 0 bridgehead atoms. The highest BCUT2D eigenvalue weighted by Gasteiger charge is 2.20. The van der Waals surface area contributed by atoms with Gasteiger partial charge >= 0.3 is 0 Å². The van der Waals surface area contributed by atoms with E-state index in [0.717, 1.165) is 29.9 Å². The van der Waals surface area contributed by atoms with Crippen molar-refractivity contribution in [3.05, 3.63) is 114 Å². The molecule has 0 aliphatic rings. The number of aromatic nitrogens is 2. The smallest absolute Gasteiger partial charge is 0.265 e. The lowest BCUT2D eigenvalue weighted by molar-refractivity contribution is 0.0981. The summed E-state index contributed by atoms with van der Waals surface area (Å²) in [5.74, 6) is -0.0386. The normalized spacial score (nSPS) is 11.4. The largest absolute Gasteiger partial charge is 0.379 e. The molecule has 2 N–H and O–H groups in total. The minimum Gasteiger partial charge on any atom is -0.379 e. The number of carbonyl (C=O) groups is 1. The van der Waals surface area contributed by atoms with Gasteiger partial charge in [0, 0.05) is 36.8 Å². The molecular formula is C34H34FN5O4S. The molecule has 0 saturated heterocycles. The predicted molar refractivity (Wildman–Crippen MR) is 173 cm³/mol. The molecule has 0 saturated carbocycles. The van der Waals surface area contributed by atoms with Gasteiger partial charge in [-0.25, -0.2) is 17.5 Å². The number of halogens is 1. The van der Waals surface area contributed by atoms with Crippen molar-refractivity contribution in [3.63, 3.8) is 0 Å². The van der Waals surface area contributed by atoms with Crippen LogP contribution in [0.1, 0.15) is 36.2 Å². The first kappa shape index (κ1) is 31.4. The summed E-state index contributed by atoms with van der Waals surface area (Å²) in [5.41, 5.74) is 3.86. The van der Waals surface area contributed by atoms with E-state index >= 15 is 0 Å². The van der Waals surface area contributed by atoms with Gasteiger partial charge in [-0.2, -0.15) is 4.98 Å². The van der Waals surface area contributed by atoms with E-state index in [1.54, 1.807) is 36.4 Å². The fourth-order valence-electron chi connectivity index (χ4n) is 4.66. The van der Waals surface area contributed by atoms with Gasteiger partial charge in [-0.1, -0.05) is 55.4 Å². The molecule has 1 amide bonds. The van der Waals surface area contributed by atoms with E-state index in [1.165, 1.54) is 36.4 Å². The first-order valence-corrected chi connectivity index (χ1v) is 16.0. The van der Waals surface area contributed by atoms with Crippen LogP contribution >= 0.6 is 0 Å². The third-order valence-corrected chi connectivity index (χ3v) is 8.51. The number of anilines is 2. The highest BCUT2D eigenvalue weighted by atomic mass is 32.2. The summed E-state index contributed by atoms with van der Waals surface area (Å²) in [7, 11) is -2.01. The van der Waals surface area contributed by atoms with Crippen molar-refractivity contribution < 1.29 is 22.1 Å². The van der Waals surface area contributed by atoms with Gasteiger partial charge in [0.1, 0.15) is 5.82 Å². The Balaban J connectivity index is 1.38. The fraction of sp³-hybridized carbons (Fsp3) is 0.206. The fourth-order valence-corrected chi connectivity index (χ4v) is 5.65. The molecule has 4 aromatic carbocycles. The third kappa shape index (κ3) is 7.93. The highest BCUT2D eigenvalue weighted by Crippen LogP contribution is 2.32. The van der Waals surface area contributed by atoms with Crippen molar-refractivity contribution in [2.45, 2.75) is 31.7 Å². The second-order valence-corrected chi connectivity index (χ2v) is 12.8. The Bertz CT molecular complexity index is 1890. The van der Waals surface area contributed by atoms with Gasteiger partial charge in [0.15, 0.2) is 0 Å². The monoisotopic (exact) mass is 627 g/mol. The zero-order valence-electron chi connectivity index (χ0n) is 25.2. The lowest BCUT2D eigenvalue weighted by Gasteiger charge is -2.24. The van der Waals surface area contributed by atoms with E-state index in [0.29, 0.717) is 29.4 Å². The third-order valence-electron chi connectivity index (χ3n) is 7.16. The standard InChI is InChI=1S/C34H34FN5O4S/c1-23(2)17-18-40(3)31-16-15-25(21-30(31)36-22-24-9-7-12-28(35)19-24)32-37-34(44-38-32)27-11-8-10-26(20-27)33(41)39-45(42,43)29-13-5-4-6-14-29/h4-16,19-21,23,36H,17-18,22H2,1-3H3,(H,39,41). The van der Waals surface area contributed by atoms with Gasteiger partial charge in [0.05, 0.1) is 16.3 Å². The van der Waals surface area contributed by atoms with Crippen LogP contribution in [0, 0.1) is 11.7 Å². The maximum absolute atomic E-state index is 13.8. The molecule has 11 heteroatoms. The Labute approximate surface area is 262 Å². The van der Waals surface area contributed by atoms with Crippen molar-refractivity contribution in [1.82, 2.24) is 14.9 Å². The van der Waals surface area contributed by atoms with Crippen LogP contribution in [0.3, 0.4) is 0 Å². The van der Waals surface area contributed by atoms with E-state index in [4.69, 9.17) is 4.52 Å². The van der Waals surface area contributed by atoms with E-state index in [1.807, 2.05) is 31.3 Å². The molecular weight excluding hydrogens is 593 g/mol. The maximum Gasteiger partial charge on any atom is 0.265 e. The van der Waals surface area contributed by atoms with E-state index in [9.17, 15) is 17.6 Å². The number of sulfonamides is 1. The van der Waals surface area contributed by atoms with E-state index in [-0.39, 0.29) is 22.2 Å². The molecule has 0 unspecified atom stereocenters. The summed E-state index contributed by atoms with van der Waals surface area (Å²) >= 11 is 0. The quantitative estimate of drug-likeness (QED) is 0.156. The maximum atomic E-state index is 13.8. The Morgan fingerprint density at radius 2 is 1.71 bits per heavy atom. The number of amides is 1. The number of benzene rings is 4. The molecule has 5 rings (SSSR count).